The summed E-state index contributed by atoms with van der Waals surface area (Å²) in [6.07, 6.45) is 0.347. The van der Waals surface area contributed by atoms with Crippen LogP contribution in [0.3, 0.4) is 0 Å². The molecule has 8 nitrogen and oxygen atoms in total. The number of aromatic nitrogens is 1. The Morgan fingerprint density at radius 1 is 1.21 bits per heavy atom. The van der Waals surface area contributed by atoms with Gasteiger partial charge in [0.1, 0.15) is 11.6 Å². The molecule has 0 fully saturated rings. The van der Waals surface area contributed by atoms with Gasteiger partial charge in [0.05, 0.1) is 16.9 Å². The van der Waals surface area contributed by atoms with Gasteiger partial charge in [-0.05, 0) is 29.8 Å². The Morgan fingerprint density at radius 3 is 2.61 bits per heavy atom. The molecular weight excluding hydrogens is 362 g/mol. The van der Waals surface area contributed by atoms with Crippen LogP contribution in [0.5, 0.6) is 5.75 Å². The zero-order valence-corrected chi connectivity index (χ0v) is 15.4. The van der Waals surface area contributed by atoms with Crippen LogP contribution in [0.25, 0.3) is 10.8 Å². The first-order valence-electron chi connectivity index (χ1n) is 8.53. The number of anilines is 1. The second-order valence-corrected chi connectivity index (χ2v) is 6.92. The van der Waals surface area contributed by atoms with E-state index in [1.165, 1.54) is 12.3 Å². The topological polar surface area (TPSA) is 115 Å². The molecule has 0 saturated heterocycles. The summed E-state index contributed by atoms with van der Waals surface area (Å²) in [6, 6.07) is 13.5. The minimum absolute atomic E-state index is 0.0285. The molecule has 3 aromatic rings. The van der Waals surface area contributed by atoms with Gasteiger partial charge in [-0.3, -0.25) is 15.4 Å². The number of benzene rings is 2. The largest absolute Gasteiger partial charge is 0.492 e. The minimum atomic E-state index is -1.18. The van der Waals surface area contributed by atoms with Crippen LogP contribution in [-0.2, 0) is 5.41 Å². The highest BCUT2D eigenvalue weighted by Crippen LogP contribution is 2.34. The number of fused-ring (bicyclic) bond motifs is 1. The fraction of sp³-hybridized carbons (Fsp3) is 0.200. The van der Waals surface area contributed by atoms with E-state index in [2.05, 4.69) is 10.3 Å². The zero-order chi connectivity index (χ0) is 20.3. The summed E-state index contributed by atoms with van der Waals surface area (Å²) < 4.78 is 6.01. The van der Waals surface area contributed by atoms with Crippen LogP contribution >= 0.6 is 0 Å². The lowest BCUT2D eigenvalue weighted by atomic mass is 9.86. The number of carboxylic acid groups (broad SMARTS) is 1. The van der Waals surface area contributed by atoms with Crippen molar-refractivity contribution in [3.63, 3.8) is 0 Å². The lowest BCUT2D eigenvalue weighted by Gasteiger charge is -2.26. The Morgan fingerprint density at radius 2 is 1.93 bits per heavy atom. The number of hydrogen-bond donors (Lipinski definition) is 2. The summed E-state index contributed by atoms with van der Waals surface area (Å²) in [5.41, 5.74) is 0.416. The summed E-state index contributed by atoms with van der Waals surface area (Å²) in [7, 11) is 0. The van der Waals surface area contributed by atoms with Crippen molar-refractivity contribution in [2.24, 2.45) is 0 Å². The number of pyridine rings is 1. The van der Waals surface area contributed by atoms with E-state index in [0.717, 1.165) is 5.56 Å². The average molecular weight is 381 g/mol. The van der Waals surface area contributed by atoms with E-state index in [1.54, 1.807) is 42.5 Å². The number of ether oxygens (including phenoxy) is 1. The molecule has 144 valence electrons. The molecule has 1 amide bonds. The van der Waals surface area contributed by atoms with Gasteiger partial charge in [0.15, 0.2) is 0 Å². The molecule has 0 aliphatic carbocycles. The Balaban J connectivity index is 1.86. The third-order valence-electron chi connectivity index (χ3n) is 4.42. The number of non-ortho nitro benzene ring substituents is 1. The number of hydrogen-bond acceptors (Lipinski definition) is 5. The van der Waals surface area contributed by atoms with Gasteiger partial charge in [-0.1, -0.05) is 32.0 Å². The second kappa shape index (κ2) is 7.51. The minimum Gasteiger partial charge on any atom is -0.492 e. The Hall–Kier alpha value is -3.68. The predicted molar refractivity (Wildman–Crippen MR) is 105 cm³/mol. The monoisotopic (exact) mass is 381 g/mol. The van der Waals surface area contributed by atoms with Crippen molar-refractivity contribution >= 4 is 28.4 Å². The van der Waals surface area contributed by atoms with Gasteiger partial charge in [-0.15, -0.1) is 0 Å². The molecule has 0 atom stereocenters. The van der Waals surface area contributed by atoms with Crippen molar-refractivity contribution < 1.29 is 19.6 Å². The smallest absolute Gasteiger partial charge is 0.410 e. The summed E-state index contributed by atoms with van der Waals surface area (Å²) in [5.74, 6) is 0.783. The molecule has 0 aliphatic rings. The second-order valence-electron chi connectivity index (χ2n) is 6.92. The van der Waals surface area contributed by atoms with Crippen LogP contribution in [0.2, 0.25) is 0 Å². The summed E-state index contributed by atoms with van der Waals surface area (Å²) in [6.45, 7) is 4.20. The highest BCUT2D eigenvalue weighted by atomic mass is 16.6. The zero-order valence-electron chi connectivity index (χ0n) is 15.4. The van der Waals surface area contributed by atoms with E-state index in [4.69, 9.17) is 9.84 Å². The number of nitro benzene ring substituents is 1. The van der Waals surface area contributed by atoms with Crippen LogP contribution in [0.4, 0.5) is 16.3 Å². The van der Waals surface area contributed by atoms with Gasteiger partial charge in [0.25, 0.3) is 5.69 Å². The van der Waals surface area contributed by atoms with Crippen molar-refractivity contribution in [2.45, 2.75) is 19.3 Å². The molecule has 2 aromatic carbocycles. The number of nitrogens with one attached hydrogen (secondary N) is 1. The molecular formula is C20H19N3O5. The average Bonchev–Trinajstić information content (AvgIpc) is 2.65. The van der Waals surface area contributed by atoms with E-state index in [9.17, 15) is 14.9 Å². The van der Waals surface area contributed by atoms with Gasteiger partial charge in [-0.2, -0.15) is 0 Å². The van der Waals surface area contributed by atoms with Gasteiger partial charge >= 0.3 is 6.09 Å². The van der Waals surface area contributed by atoms with Crippen molar-refractivity contribution in [1.29, 1.82) is 0 Å². The van der Waals surface area contributed by atoms with Crippen LogP contribution < -0.4 is 10.1 Å². The molecule has 0 unspecified atom stereocenters. The molecule has 3 rings (SSSR count). The van der Waals surface area contributed by atoms with Crippen molar-refractivity contribution in [2.75, 3.05) is 11.9 Å². The fourth-order valence-electron chi connectivity index (χ4n) is 2.91. The highest BCUT2D eigenvalue weighted by molar-refractivity contribution is 5.95. The van der Waals surface area contributed by atoms with E-state index < -0.39 is 16.4 Å². The molecule has 2 N–H and O–H groups in total. The number of amides is 1. The molecule has 1 aromatic heterocycles. The molecule has 0 aliphatic heterocycles. The Kier molecular flexibility index (Phi) is 5.12. The normalized spacial score (nSPS) is 11.2. The molecule has 0 saturated carbocycles. The predicted octanol–water partition coefficient (Wildman–Crippen LogP) is 4.59. The summed E-state index contributed by atoms with van der Waals surface area (Å²) in [5, 5.41) is 23.5. The van der Waals surface area contributed by atoms with Crippen molar-refractivity contribution in [3.8, 4) is 5.75 Å². The Bertz CT molecular complexity index is 1050. The SMILES string of the molecule is CC(C)(COc1ccc([N+](=O)[O-])c2ccccc12)c1ccnc(NC(=O)O)c1. The van der Waals surface area contributed by atoms with Crippen LogP contribution in [-0.4, -0.2) is 27.7 Å². The lowest BCUT2D eigenvalue weighted by Crippen LogP contribution is -2.26. The standard InChI is InChI=1S/C20H19N3O5/c1-20(2,13-9-10-21-18(11-13)22-19(24)25)12-28-17-8-7-16(23(26)27)14-5-3-4-6-15(14)17/h3-11H,12H2,1-2H3,(H,21,22)(H,24,25). The van der Waals surface area contributed by atoms with Crippen LogP contribution in [0.1, 0.15) is 19.4 Å². The van der Waals surface area contributed by atoms with Crippen molar-refractivity contribution in [3.05, 3.63) is 70.4 Å². The molecule has 1 heterocycles. The fourth-order valence-corrected chi connectivity index (χ4v) is 2.91. The molecule has 28 heavy (non-hydrogen) atoms. The quantitative estimate of drug-likeness (QED) is 0.477. The third-order valence-corrected chi connectivity index (χ3v) is 4.42. The molecule has 0 spiro atoms. The number of carbonyl (C=O) groups is 1. The summed E-state index contributed by atoms with van der Waals surface area (Å²) in [4.78, 5) is 25.6. The lowest BCUT2D eigenvalue weighted by molar-refractivity contribution is -0.383. The Labute approximate surface area is 160 Å². The number of nitrogens with zero attached hydrogens (tertiary/aromatic N) is 2. The van der Waals surface area contributed by atoms with Gasteiger partial charge in [0.2, 0.25) is 0 Å². The number of rotatable bonds is 6. The molecule has 0 bridgehead atoms. The van der Waals surface area contributed by atoms with E-state index in [0.29, 0.717) is 16.5 Å². The van der Waals surface area contributed by atoms with E-state index in [1.807, 2.05) is 13.8 Å². The first kappa shape index (κ1) is 19.1. The maximum atomic E-state index is 11.2. The molecule has 8 heteroatoms. The van der Waals surface area contributed by atoms with Crippen molar-refractivity contribution in [1.82, 2.24) is 4.98 Å². The first-order chi connectivity index (χ1) is 13.3. The maximum Gasteiger partial charge on any atom is 0.410 e. The highest BCUT2D eigenvalue weighted by Gasteiger charge is 2.24. The van der Waals surface area contributed by atoms with Gasteiger partial charge in [0, 0.05) is 23.1 Å². The summed E-state index contributed by atoms with van der Waals surface area (Å²) >= 11 is 0. The van der Waals surface area contributed by atoms with Gasteiger partial charge < -0.3 is 9.84 Å². The van der Waals surface area contributed by atoms with Gasteiger partial charge in [-0.25, -0.2) is 9.78 Å². The van der Waals surface area contributed by atoms with Crippen LogP contribution in [0.15, 0.2) is 54.7 Å². The maximum absolute atomic E-state index is 11.2. The molecule has 0 radical (unpaired) electrons. The first-order valence-corrected chi connectivity index (χ1v) is 8.53. The van der Waals surface area contributed by atoms with Crippen LogP contribution in [0, 0.1) is 10.1 Å². The van der Waals surface area contributed by atoms with E-state index in [-0.39, 0.29) is 18.1 Å². The number of nitro groups is 1. The van der Waals surface area contributed by atoms with E-state index >= 15 is 0 Å². The third kappa shape index (κ3) is 4.01.